The van der Waals surface area contributed by atoms with Gasteiger partial charge in [-0.2, -0.15) is 0 Å². The summed E-state index contributed by atoms with van der Waals surface area (Å²) in [4.78, 5) is 12.9. The van der Waals surface area contributed by atoms with Crippen molar-refractivity contribution in [3.8, 4) is 0 Å². The molecule has 1 N–H and O–H groups in total. The first-order chi connectivity index (χ1) is 14.2. The van der Waals surface area contributed by atoms with Crippen molar-refractivity contribution in [3.63, 3.8) is 0 Å². The van der Waals surface area contributed by atoms with Crippen molar-refractivity contribution >= 4 is 38.9 Å². The highest BCUT2D eigenvalue weighted by molar-refractivity contribution is 7.92. The minimum absolute atomic E-state index is 0.100. The Balaban J connectivity index is 1.98. The Labute approximate surface area is 182 Å². The average molecular weight is 443 g/mol. The number of nitrogens with zero attached hydrogens (tertiary/aromatic N) is 1. The second-order valence-electron chi connectivity index (χ2n) is 7.06. The van der Waals surface area contributed by atoms with E-state index in [0.29, 0.717) is 22.0 Å². The van der Waals surface area contributed by atoms with Gasteiger partial charge in [-0.25, -0.2) is 8.42 Å². The minimum Gasteiger partial charge on any atom is -0.325 e. The SMILES string of the molecule is Cc1ccc(NC(=O)CN(c2cccc(Cl)c2C)S(=O)(=O)c2ccccc2)cc1C. The number of anilines is 2. The Kier molecular flexibility index (Phi) is 6.48. The van der Waals surface area contributed by atoms with Crippen molar-refractivity contribution in [1.29, 1.82) is 0 Å². The maximum absolute atomic E-state index is 13.4. The molecule has 1 amide bonds. The Morgan fingerprint density at radius 2 is 1.63 bits per heavy atom. The van der Waals surface area contributed by atoms with Crippen LogP contribution in [0.15, 0.2) is 71.6 Å². The van der Waals surface area contributed by atoms with Crippen LogP contribution in [0.1, 0.15) is 16.7 Å². The molecule has 0 heterocycles. The zero-order chi connectivity index (χ0) is 21.9. The van der Waals surface area contributed by atoms with Gasteiger partial charge in [-0.05, 0) is 73.9 Å². The summed E-state index contributed by atoms with van der Waals surface area (Å²) < 4.78 is 27.9. The van der Waals surface area contributed by atoms with Crippen molar-refractivity contribution in [2.45, 2.75) is 25.7 Å². The molecule has 0 radical (unpaired) electrons. The van der Waals surface area contributed by atoms with E-state index in [2.05, 4.69) is 5.32 Å². The van der Waals surface area contributed by atoms with E-state index < -0.39 is 15.9 Å². The summed E-state index contributed by atoms with van der Waals surface area (Å²) in [7, 11) is -3.98. The first-order valence-corrected chi connectivity index (χ1v) is 11.2. The molecule has 0 saturated heterocycles. The lowest BCUT2D eigenvalue weighted by Crippen LogP contribution is -2.38. The molecule has 7 heteroatoms. The second-order valence-corrected chi connectivity index (χ2v) is 9.33. The zero-order valence-electron chi connectivity index (χ0n) is 17.0. The topological polar surface area (TPSA) is 66.5 Å². The highest BCUT2D eigenvalue weighted by Crippen LogP contribution is 2.30. The number of rotatable bonds is 6. The summed E-state index contributed by atoms with van der Waals surface area (Å²) in [6.07, 6.45) is 0. The summed E-state index contributed by atoms with van der Waals surface area (Å²) in [6.45, 7) is 5.28. The molecule has 0 aliphatic rings. The lowest BCUT2D eigenvalue weighted by atomic mass is 10.1. The Hall–Kier alpha value is -2.83. The second kappa shape index (κ2) is 8.90. The summed E-state index contributed by atoms with van der Waals surface area (Å²) in [6, 6.07) is 18.6. The largest absolute Gasteiger partial charge is 0.325 e. The molecule has 3 rings (SSSR count). The number of carbonyl (C=O) groups excluding carboxylic acids is 1. The molecule has 3 aromatic carbocycles. The van der Waals surface area contributed by atoms with Gasteiger partial charge in [-0.1, -0.05) is 41.9 Å². The van der Waals surface area contributed by atoms with Crippen molar-refractivity contribution < 1.29 is 13.2 Å². The third kappa shape index (κ3) is 4.66. The smallest absolute Gasteiger partial charge is 0.264 e. The molecule has 3 aromatic rings. The molecule has 156 valence electrons. The number of sulfonamides is 1. The fourth-order valence-corrected chi connectivity index (χ4v) is 4.70. The van der Waals surface area contributed by atoms with Gasteiger partial charge in [0.1, 0.15) is 6.54 Å². The number of amides is 1. The molecule has 0 spiro atoms. The molecule has 0 aromatic heterocycles. The molecule has 5 nitrogen and oxygen atoms in total. The van der Waals surface area contributed by atoms with Gasteiger partial charge < -0.3 is 5.32 Å². The molecule has 0 atom stereocenters. The molecular formula is C23H23ClN2O3S. The number of aryl methyl sites for hydroxylation is 2. The molecule has 0 aliphatic heterocycles. The third-order valence-electron chi connectivity index (χ3n) is 4.92. The van der Waals surface area contributed by atoms with Crippen molar-refractivity contribution in [2.24, 2.45) is 0 Å². The molecule has 0 bridgehead atoms. The van der Waals surface area contributed by atoms with Gasteiger partial charge in [0.15, 0.2) is 0 Å². The van der Waals surface area contributed by atoms with E-state index in [4.69, 9.17) is 11.6 Å². The van der Waals surface area contributed by atoms with Gasteiger partial charge in [0.2, 0.25) is 5.91 Å². The quantitative estimate of drug-likeness (QED) is 0.577. The van der Waals surface area contributed by atoms with Gasteiger partial charge in [0.25, 0.3) is 10.0 Å². The van der Waals surface area contributed by atoms with E-state index in [9.17, 15) is 13.2 Å². The Morgan fingerprint density at radius 3 is 2.30 bits per heavy atom. The number of halogens is 1. The molecule has 0 unspecified atom stereocenters. The van der Waals surface area contributed by atoms with Crippen LogP contribution in [0.25, 0.3) is 0 Å². The van der Waals surface area contributed by atoms with Crippen LogP contribution in [-0.2, 0) is 14.8 Å². The predicted octanol–water partition coefficient (Wildman–Crippen LogP) is 5.10. The van der Waals surface area contributed by atoms with E-state index in [0.717, 1.165) is 15.4 Å². The first kappa shape index (κ1) is 21.9. The van der Waals surface area contributed by atoms with Crippen LogP contribution in [0, 0.1) is 20.8 Å². The standard InChI is InChI=1S/C23H23ClN2O3S/c1-16-12-13-19(14-17(16)2)25-23(27)15-26(22-11-7-10-21(24)18(22)3)30(28,29)20-8-5-4-6-9-20/h4-14H,15H2,1-3H3,(H,25,27). The zero-order valence-corrected chi connectivity index (χ0v) is 18.6. The monoisotopic (exact) mass is 442 g/mol. The summed E-state index contributed by atoms with van der Waals surface area (Å²) in [5.74, 6) is -0.447. The van der Waals surface area contributed by atoms with Gasteiger partial charge in [-0.15, -0.1) is 0 Å². The van der Waals surface area contributed by atoms with Gasteiger partial charge >= 0.3 is 0 Å². The maximum Gasteiger partial charge on any atom is 0.264 e. The summed E-state index contributed by atoms with van der Waals surface area (Å²) in [5.41, 5.74) is 3.70. The lowest BCUT2D eigenvalue weighted by molar-refractivity contribution is -0.114. The molecule has 0 fully saturated rings. The van der Waals surface area contributed by atoms with Crippen molar-refractivity contribution in [2.75, 3.05) is 16.2 Å². The highest BCUT2D eigenvalue weighted by atomic mass is 35.5. The third-order valence-corrected chi connectivity index (χ3v) is 7.10. The normalized spacial score (nSPS) is 11.2. The molecular weight excluding hydrogens is 420 g/mol. The van der Waals surface area contributed by atoms with Gasteiger partial charge in [0.05, 0.1) is 10.6 Å². The number of hydrogen-bond acceptors (Lipinski definition) is 3. The van der Waals surface area contributed by atoms with Crippen LogP contribution in [0.4, 0.5) is 11.4 Å². The Bertz CT molecular complexity index is 1180. The highest BCUT2D eigenvalue weighted by Gasteiger charge is 2.28. The van der Waals surface area contributed by atoms with Crippen LogP contribution in [-0.4, -0.2) is 20.9 Å². The number of benzene rings is 3. The number of carbonyl (C=O) groups is 1. The van der Waals surface area contributed by atoms with Gasteiger partial charge in [-0.3, -0.25) is 9.10 Å². The van der Waals surface area contributed by atoms with E-state index >= 15 is 0 Å². The molecule has 30 heavy (non-hydrogen) atoms. The summed E-state index contributed by atoms with van der Waals surface area (Å²) >= 11 is 6.23. The van der Waals surface area contributed by atoms with Crippen LogP contribution in [0.5, 0.6) is 0 Å². The van der Waals surface area contributed by atoms with Crippen molar-refractivity contribution in [3.05, 3.63) is 88.4 Å². The van der Waals surface area contributed by atoms with Crippen LogP contribution in [0.3, 0.4) is 0 Å². The fraction of sp³-hybridized carbons (Fsp3) is 0.174. The number of hydrogen-bond donors (Lipinski definition) is 1. The van der Waals surface area contributed by atoms with Crippen LogP contribution < -0.4 is 9.62 Å². The summed E-state index contributed by atoms with van der Waals surface area (Å²) in [5, 5.41) is 3.22. The van der Waals surface area contributed by atoms with E-state index in [-0.39, 0.29) is 11.4 Å². The Morgan fingerprint density at radius 1 is 0.933 bits per heavy atom. The number of nitrogens with one attached hydrogen (secondary N) is 1. The van der Waals surface area contributed by atoms with E-state index in [1.54, 1.807) is 49.4 Å². The van der Waals surface area contributed by atoms with Crippen molar-refractivity contribution in [1.82, 2.24) is 0 Å². The molecule has 0 aliphatic carbocycles. The minimum atomic E-state index is -3.98. The van der Waals surface area contributed by atoms with Crippen LogP contribution in [0.2, 0.25) is 5.02 Å². The van der Waals surface area contributed by atoms with Crippen LogP contribution >= 0.6 is 11.6 Å². The molecule has 0 saturated carbocycles. The van der Waals surface area contributed by atoms with Gasteiger partial charge in [0, 0.05) is 10.7 Å². The van der Waals surface area contributed by atoms with E-state index in [1.165, 1.54) is 12.1 Å². The van der Waals surface area contributed by atoms with E-state index in [1.807, 2.05) is 26.0 Å². The lowest BCUT2D eigenvalue weighted by Gasteiger charge is -2.26. The first-order valence-electron chi connectivity index (χ1n) is 9.40. The average Bonchev–Trinajstić information content (AvgIpc) is 2.72. The predicted molar refractivity (Wildman–Crippen MR) is 122 cm³/mol. The fourth-order valence-electron chi connectivity index (χ4n) is 3.04. The maximum atomic E-state index is 13.4.